The van der Waals surface area contributed by atoms with Crippen molar-refractivity contribution in [2.45, 2.75) is 20.5 Å². The lowest BCUT2D eigenvalue weighted by Gasteiger charge is -2.02. The van der Waals surface area contributed by atoms with Crippen molar-refractivity contribution in [2.75, 3.05) is 0 Å². The van der Waals surface area contributed by atoms with Gasteiger partial charge in [-0.3, -0.25) is 4.79 Å². The maximum atomic E-state index is 12.3. The zero-order chi connectivity index (χ0) is 15.9. The maximum Gasteiger partial charge on any atom is 0.343 e. The van der Waals surface area contributed by atoms with Crippen LogP contribution in [0.2, 0.25) is 0 Å². The van der Waals surface area contributed by atoms with Gasteiger partial charge in [0.2, 0.25) is 5.71 Å². The van der Waals surface area contributed by atoms with E-state index in [9.17, 15) is 9.59 Å². The monoisotopic (exact) mass is 303 g/mol. The summed E-state index contributed by atoms with van der Waals surface area (Å²) in [7, 11) is 1.55. The number of ether oxygens (including phenoxy) is 1. The number of hydrogen-bond acceptors (Lipinski definition) is 7. The maximum absolute atomic E-state index is 12.3. The molecule has 3 aromatic rings. The number of aromatic nitrogens is 3. The van der Waals surface area contributed by atoms with Gasteiger partial charge in [-0.05, 0) is 13.8 Å². The van der Waals surface area contributed by atoms with Gasteiger partial charge >= 0.3 is 5.97 Å². The van der Waals surface area contributed by atoms with Crippen LogP contribution in [0, 0.1) is 13.8 Å². The molecule has 114 valence electrons. The van der Waals surface area contributed by atoms with E-state index in [1.807, 2.05) is 0 Å². The number of rotatable bonds is 3. The minimum absolute atomic E-state index is 0.0527. The Hall–Kier alpha value is -2.90. The minimum Gasteiger partial charge on any atom is -0.455 e. The van der Waals surface area contributed by atoms with Crippen molar-refractivity contribution in [3.05, 3.63) is 45.5 Å². The smallest absolute Gasteiger partial charge is 0.343 e. The van der Waals surface area contributed by atoms with Crippen molar-refractivity contribution >= 4 is 17.1 Å². The molecule has 0 bridgehead atoms. The normalized spacial score (nSPS) is 11.0. The Labute approximate surface area is 124 Å². The molecule has 0 aromatic carbocycles. The summed E-state index contributed by atoms with van der Waals surface area (Å²) >= 11 is 0. The summed E-state index contributed by atoms with van der Waals surface area (Å²) in [5.74, 6) is 0.239. The Bertz CT molecular complexity index is 918. The highest BCUT2D eigenvalue weighted by molar-refractivity contribution is 6.03. The summed E-state index contributed by atoms with van der Waals surface area (Å²) in [5, 5.41) is 3.85. The second kappa shape index (κ2) is 5.14. The Morgan fingerprint density at radius 1 is 1.41 bits per heavy atom. The topological polar surface area (TPSA) is 100 Å². The summed E-state index contributed by atoms with van der Waals surface area (Å²) < 4.78 is 16.7. The van der Waals surface area contributed by atoms with Gasteiger partial charge in [0.1, 0.15) is 41.1 Å². The van der Waals surface area contributed by atoms with Gasteiger partial charge in [-0.2, -0.15) is 0 Å². The van der Waals surface area contributed by atoms with E-state index in [-0.39, 0.29) is 34.6 Å². The van der Waals surface area contributed by atoms with Crippen LogP contribution < -0.4 is 5.56 Å². The van der Waals surface area contributed by atoms with Gasteiger partial charge in [0.05, 0.1) is 0 Å². The molecule has 0 aliphatic heterocycles. The Kier molecular flexibility index (Phi) is 3.28. The van der Waals surface area contributed by atoms with Crippen LogP contribution in [0.5, 0.6) is 0 Å². The van der Waals surface area contributed by atoms with Crippen molar-refractivity contribution in [1.82, 2.24) is 14.7 Å². The molecule has 0 unspecified atom stereocenters. The first-order chi connectivity index (χ1) is 10.5. The second-order valence-corrected chi connectivity index (χ2v) is 4.88. The average Bonchev–Trinajstić information content (AvgIpc) is 3.04. The molecule has 0 radical (unpaired) electrons. The Morgan fingerprint density at radius 2 is 2.18 bits per heavy atom. The summed E-state index contributed by atoms with van der Waals surface area (Å²) in [6.07, 6.45) is 1.33. The molecule has 0 atom stereocenters. The molecule has 0 saturated carbocycles. The van der Waals surface area contributed by atoms with E-state index in [0.29, 0.717) is 11.5 Å². The van der Waals surface area contributed by atoms with Crippen molar-refractivity contribution in [1.29, 1.82) is 0 Å². The molecule has 8 nitrogen and oxygen atoms in total. The molecule has 3 rings (SSSR count). The van der Waals surface area contributed by atoms with E-state index in [2.05, 4.69) is 10.1 Å². The molecule has 0 aliphatic carbocycles. The largest absolute Gasteiger partial charge is 0.455 e. The predicted octanol–water partition coefficient (Wildman–Crippen LogP) is 1.49. The number of carbonyl (C=O) groups is 1. The minimum atomic E-state index is -0.665. The summed E-state index contributed by atoms with van der Waals surface area (Å²) in [4.78, 5) is 28.4. The number of aryl methyl sites for hydroxylation is 3. The van der Waals surface area contributed by atoms with Gasteiger partial charge in [-0.15, -0.1) is 0 Å². The molecule has 22 heavy (non-hydrogen) atoms. The van der Waals surface area contributed by atoms with Crippen LogP contribution >= 0.6 is 0 Å². The molecule has 0 aliphatic rings. The fourth-order valence-corrected chi connectivity index (χ4v) is 2.13. The van der Waals surface area contributed by atoms with E-state index >= 15 is 0 Å². The third kappa shape index (κ3) is 2.28. The summed E-state index contributed by atoms with van der Waals surface area (Å²) in [6, 6.07) is 1.66. The molecule has 0 N–H and O–H groups in total. The number of hydrogen-bond donors (Lipinski definition) is 0. The van der Waals surface area contributed by atoms with Gasteiger partial charge in [-0.25, -0.2) is 9.78 Å². The predicted molar refractivity (Wildman–Crippen MR) is 74.3 cm³/mol. The molecule has 0 amide bonds. The van der Waals surface area contributed by atoms with Crippen LogP contribution in [0.3, 0.4) is 0 Å². The SMILES string of the molecule is Cc1cc(COC(=O)c2c(C)oc3ncn(C)c(=O)c23)no1. The number of furan rings is 1. The first-order valence-electron chi connectivity index (χ1n) is 6.51. The van der Waals surface area contributed by atoms with Crippen LogP contribution in [0.15, 0.2) is 26.1 Å². The van der Waals surface area contributed by atoms with Crippen molar-refractivity contribution < 1.29 is 18.5 Å². The quantitative estimate of drug-likeness (QED) is 0.675. The van der Waals surface area contributed by atoms with Gasteiger partial charge in [-0.1, -0.05) is 5.16 Å². The van der Waals surface area contributed by atoms with Gasteiger partial charge < -0.3 is 18.2 Å². The van der Waals surface area contributed by atoms with Crippen LogP contribution in [0.4, 0.5) is 0 Å². The van der Waals surface area contributed by atoms with Crippen molar-refractivity contribution in [3.8, 4) is 0 Å². The van der Waals surface area contributed by atoms with Crippen molar-refractivity contribution in [3.63, 3.8) is 0 Å². The first-order valence-corrected chi connectivity index (χ1v) is 6.51. The van der Waals surface area contributed by atoms with E-state index in [4.69, 9.17) is 13.7 Å². The average molecular weight is 303 g/mol. The zero-order valence-electron chi connectivity index (χ0n) is 12.2. The molecular weight excluding hydrogens is 290 g/mol. The number of nitrogens with zero attached hydrogens (tertiary/aromatic N) is 3. The lowest BCUT2D eigenvalue weighted by Crippen LogP contribution is -2.19. The lowest BCUT2D eigenvalue weighted by atomic mass is 10.2. The van der Waals surface area contributed by atoms with Crippen molar-refractivity contribution in [2.24, 2.45) is 7.05 Å². The van der Waals surface area contributed by atoms with Crippen LogP contribution in [-0.4, -0.2) is 20.7 Å². The molecule has 0 spiro atoms. The molecule has 3 heterocycles. The Balaban J connectivity index is 1.95. The molecule has 8 heteroatoms. The van der Waals surface area contributed by atoms with E-state index in [0.717, 1.165) is 0 Å². The third-order valence-corrected chi connectivity index (χ3v) is 3.18. The summed E-state index contributed by atoms with van der Waals surface area (Å²) in [6.45, 7) is 3.27. The standard InChI is InChI=1S/C14H13N3O5/c1-7-4-9(16-22-7)5-20-14(19)10-8(2)21-12-11(10)13(18)17(3)6-15-12/h4,6H,5H2,1-3H3. The molecule has 0 saturated heterocycles. The van der Waals surface area contributed by atoms with Gasteiger partial charge in [0.15, 0.2) is 0 Å². The van der Waals surface area contributed by atoms with E-state index < -0.39 is 5.97 Å². The summed E-state index contributed by atoms with van der Waals surface area (Å²) in [5.41, 5.74) is 0.321. The van der Waals surface area contributed by atoms with Crippen LogP contribution in [-0.2, 0) is 18.4 Å². The number of fused-ring (bicyclic) bond motifs is 1. The van der Waals surface area contributed by atoms with Gasteiger partial charge in [0, 0.05) is 13.1 Å². The van der Waals surface area contributed by atoms with E-state index in [1.54, 1.807) is 27.0 Å². The molecule has 3 aromatic heterocycles. The highest BCUT2D eigenvalue weighted by Crippen LogP contribution is 2.22. The fourth-order valence-electron chi connectivity index (χ4n) is 2.13. The van der Waals surface area contributed by atoms with Gasteiger partial charge in [0.25, 0.3) is 5.56 Å². The highest BCUT2D eigenvalue weighted by atomic mass is 16.5. The van der Waals surface area contributed by atoms with Crippen LogP contribution in [0.25, 0.3) is 11.1 Å². The molecule has 0 fully saturated rings. The number of carbonyl (C=O) groups excluding carboxylic acids is 1. The third-order valence-electron chi connectivity index (χ3n) is 3.18. The lowest BCUT2D eigenvalue weighted by molar-refractivity contribution is 0.0464. The Morgan fingerprint density at radius 3 is 2.86 bits per heavy atom. The number of esters is 1. The fraction of sp³-hybridized carbons (Fsp3) is 0.286. The second-order valence-electron chi connectivity index (χ2n) is 4.88. The highest BCUT2D eigenvalue weighted by Gasteiger charge is 2.23. The molecular formula is C14H13N3O5. The van der Waals surface area contributed by atoms with E-state index in [1.165, 1.54) is 10.9 Å². The zero-order valence-corrected chi connectivity index (χ0v) is 12.2. The first kappa shape index (κ1) is 14.1. The van der Waals surface area contributed by atoms with Crippen LogP contribution in [0.1, 0.15) is 27.6 Å².